The molecular weight excluding hydrogens is 349 g/mol. The molecule has 0 spiro atoms. The van der Waals surface area contributed by atoms with E-state index < -0.39 is 0 Å². The molecule has 1 aliphatic carbocycles. The van der Waals surface area contributed by atoms with Crippen molar-refractivity contribution in [3.05, 3.63) is 96.1 Å². The fraction of sp³-hybridized carbons (Fsp3) is 0.111. The number of para-hydroxylation sites is 1. The maximum Gasteiger partial charge on any atom is 0.113 e. The van der Waals surface area contributed by atoms with Crippen LogP contribution < -0.4 is 5.46 Å². The largest absolute Gasteiger partial charge is 0.309 e. The molecule has 1 aromatic heterocycles. The monoisotopic (exact) mass is 369 g/mol. The summed E-state index contributed by atoms with van der Waals surface area (Å²) in [6, 6.07) is 30.4. The van der Waals surface area contributed by atoms with Crippen LogP contribution in [0.4, 0.5) is 0 Å². The average Bonchev–Trinajstić information content (AvgIpc) is 3.18. The number of hydrogen-bond acceptors (Lipinski definition) is 0. The van der Waals surface area contributed by atoms with Crippen LogP contribution in [0.1, 0.15) is 25.0 Å². The van der Waals surface area contributed by atoms with Gasteiger partial charge in [0.1, 0.15) is 7.85 Å². The van der Waals surface area contributed by atoms with Crippen molar-refractivity contribution in [3.8, 4) is 16.8 Å². The molecule has 4 aromatic carbocycles. The molecule has 0 aliphatic heterocycles. The Balaban J connectivity index is 1.80. The van der Waals surface area contributed by atoms with E-state index in [0.29, 0.717) is 0 Å². The summed E-state index contributed by atoms with van der Waals surface area (Å²) in [5.41, 5.74) is 9.88. The highest BCUT2D eigenvalue weighted by Crippen LogP contribution is 2.51. The zero-order chi connectivity index (χ0) is 19.8. The summed E-state index contributed by atoms with van der Waals surface area (Å²) in [5, 5.41) is 2.43. The summed E-state index contributed by atoms with van der Waals surface area (Å²) in [6.45, 7) is 4.65. The smallest absolute Gasteiger partial charge is 0.113 e. The first kappa shape index (κ1) is 16.7. The third-order valence-corrected chi connectivity index (χ3v) is 6.52. The SMILES string of the molecule is [B]c1ccc2c(c1)c1ccccc1n2-c1cccc2c1-c1ccccc1C2(C)C. The third-order valence-electron chi connectivity index (χ3n) is 6.52. The summed E-state index contributed by atoms with van der Waals surface area (Å²) in [6.07, 6.45) is 0. The molecule has 0 saturated carbocycles. The molecule has 1 aliphatic rings. The number of nitrogens with zero attached hydrogens (tertiary/aromatic N) is 1. The molecule has 0 saturated heterocycles. The van der Waals surface area contributed by atoms with Crippen molar-refractivity contribution in [1.82, 2.24) is 4.57 Å². The molecule has 136 valence electrons. The zero-order valence-corrected chi connectivity index (χ0v) is 16.6. The Labute approximate surface area is 172 Å². The minimum Gasteiger partial charge on any atom is -0.309 e. The van der Waals surface area contributed by atoms with E-state index in [0.717, 1.165) is 5.46 Å². The molecule has 0 N–H and O–H groups in total. The Morgan fingerprint density at radius 1 is 0.690 bits per heavy atom. The van der Waals surface area contributed by atoms with Crippen LogP contribution in [0.2, 0.25) is 0 Å². The van der Waals surface area contributed by atoms with E-state index in [2.05, 4.69) is 97.3 Å². The lowest BCUT2D eigenvalue weighted by Gasteiger charge is -2.21. The first-order chi connectivity index (χ1) is 14.1. The highest BCUT2D eigenvalue weighted by atomic mass is 15.0. The lowest BCUT2D eigenvalue weighted by Crippen LogP contribution is -2.15. The topological polar surface area (TPSA) is 4.93 Å². The van der Waals surface area contributed by atoms with Gasteiger partial charge in [0.05, 0.1) is 16.7 Å². The van der Waals surface area contributed by atoms with Gasteiger partial charge < -0.3 is 4.57 Å². The Kier molecular flexibility index (Phi) is 3.24. The van der Waals surface area contributed by atoms with Gasteiger partial charge in [0.25, 0.3) is 0 Å². The van der Waals surface area contributed by atoms with Crippen molar-refractivity contribution in [3.63, 3.8) is 0 Å². The van der Waals surface area contributed by atoms with Gasteiger partial charge in [0, 0.05) is 21.8 Å². The minimum absolute atomic E-state index is 0.00880. The normalized spacial score (nSPS) is 14.3. The van der Waals surface area contributed by atoms with Crippen molar-refractivity contribution in [2.75, 3.05) is 0 Å². The Morgan fingerprint density at radius 2 is 1.41 bits per heavy atom. The second kappa shape index (κ2) is 5.64. The van der Waals surface area contributed by atoms with Crippen LogP contribution in [0.5, 0.6) is 0 Å². The van der Waals surface area contributed by atoms with Gasteiger partial charge in [0.15, 0.2) is 0 Å². The molecule has 0 unspecified atom stereocenters. The lowest BCUT2D eigenvalue weighted by atomic mass is 9.82. The number of fused-ring (bicyclic) bond motifs is 6. The van der Waals surface area contributed by atoms with E-state index in [1.165, 1.54) is 49.7 Å². The molecule has 2 heteroatoms. The zero-order valence-electron chi connectivity index (χ0n) is 16.6. The Morgan fingerprint density at radius 3 is 2.31 bits per heavy atom. The van der Waals surface area contributed by atoms with Gasteiger partial charge in [-0.1, -0.05) is 86.0 Å². The molecule has 2 radical (unpaired) electrons. The van der Waals surface area contributed by atoms with E-state index in [1.54, 1.807) is 0 Å². The van der Waals surface area contributed by atoms with Gasteiger partial charge in [-0.25, -0.2) is 0 Å². The van der Waals surface area contributed by atoms with Gasteiger partial charge in [0.2, 0.25) is 0 Å². The number of aromatic nitrogens is 1. The van der Waals surface area contributed by atoms with Crippen LogP contribution in [-0.2, 0) is 5.41 Å². The third kappa shape index (κ3) is 2.12. The van der Waals surface area contributed by atoms with Crippen molar-refractivity contribution in [2.45, 2.75) is 19.3 Å². The lowest BCUT2D eigenvalue weighted by molar-refractivity contribution is 0.660. The molecule has 29 heavy (non-hydrogen) atoms. The summed E-state index contributed by atoms with van der Waals surface area (Å²) < 4.78 is 2.40. The maximum absolute atomic E-state index is 6.14. The second-order valence-electron chi connectivity index (χ2n) is 8.50. The molecule has 0 bridgehead atoms. The van der Waals surface area contributed by atoms with Crippen LogP contribution in [0.15, 0.2) is 84.9 Å². The molecule has 1 heterocycles. The minimum atomic E-state index is -0.00880. The summed E-state index contributed by atoms with van der Waals surface area (Å²) in [4.78, 5) is 0. The standard InChI is InChI=1S/C27H20BN/c1-27(2)21-10-5-3-9-19(21)26-22(27)11-7-13-25(26)29-23-12-6-4-8-18(23)20-16-17(28)14-15-24(20)29/h3-16H,1-2H3. The first-order valence-corrected chi connectivity index (χ1v) is 10.1. The second-order valence-corrected chi connectivity index (χ2v) is 8.50. The molecular formula is C27H20BN. The summed E-state index contributed by atoms with van der Waals surface area (Å²) in [7, 11) is 6.14. The van der Waals surface area contributed by atoms with Crippen LogP contribution in [0, 0.1) is 0 Å². The van der Waals surface area contributed by atoms with Crippen molar-refractivity contribution < 1.29 is 0 Å². The van der Waals surface area contributed by atoms with E-state index in [4.69, 9.17) is 7.85 Å². The molecule has 1 nitrogen and oxygen atoms in total. The predicted octanol–water partition coefficient (Wildman–Crippen LogP) is 5.88. The number of benzene rings is 4. The van der Waals surface area contributed by atoms with E-state index in [-0.39, 0.29) is 5.41 Å². The average molecular weight is 369 g/mol. The van der Waals surface area contributed by atoms with E-state index in [1.807, 2.05) is 6.07 Å². The van der Waals surface area contributed by atoms with Gasteiger partial charge in [-0.15, -0.1) is 0 Å². The van der Waals surface area contributed by atoms with Crippen LogP contribution in [0.25, 0.3) is 38.6 Å². The Hall–Kier alpha value is -3.26. The quantitative estimate of drug-likeness (QED) is 0.325. The summed E-state index contributed by atoms with van der Waals surface area (Å²) in [5.74, 6) is 0. The van der Waals surface area contributed by atoms with Gasteiger partial charge >= 0.3 is 0 Å². The van der Waals surface area contributed by atoms with E-state index >= 15 is 0 Å². The maximum atomic E-state index is 6.14. The van der Waals surface area contributed by atoms with E-state index in [9.17, 15) is 0 Å². The first-order valence-electron chi connectivity index (χ1n) is 10.1. The van der Waals surface area contributed by atoms with Crippen molar-refractivity contribution in [1.29, 1.82) is 0 Å². The van der Waals surface area contributed by atoms with Gasteiger partial charge in [-0.05, 0) is 34.9 Å². The van der Waals surface area contributed by atoms with Gasteiger partial charge in [-0.2, -0.15) is 0 Å². The molecule has 6 rings (SSSR count). The van der Waals surface area contributed by atoms with Crippen molar-refractivity contribution in [2.24, 2.45) is 0 Å². The van der Waals surface area contributed by atoms with Gasteiger partial charge in [-0.3, -0.25) is 0 Å². The summed E-state index contributed by atoms with van der Waals surface area (Å²) >= 11 is 0. The highest BCUT2D eigenvalue weighted by Gasteiger charge is 2.36. The highest BCUT2D eigenvalue weighted by molar-refractivity contribution is 6.34. The predicted molar refractivity (Wildman–Crippen MR) is 124 cm³/mol. The molecule has 5 aromatic rings. The number of rotatable bonds is 1. The van der Waals surface area contributed by atoms with Crippen LogP contribution in [-0.4, -0.2) is 12.4 Å². The Bertz CT molecular complexity index is 1440. The molecule has 0 atom stereocenters. The molecule has 0 fully saturated rings. The fourth-order valence-electron chi connectivity index (χ4n) is 5.17. The fourth-order valence-corrected chi connectivity index (χ4v) is 5.17. The number of hydrogen-bond donors (Lipinski definition) is 0. The molecule has 0 amide bonds. The van der Waals surface area contributed by atoms with Crippen LogP contribution in [0.3, 0.4) is 0 Å². The van der Waals surface area contributed by atoms with Crippen LogP contribution >= 0.6 is 0 Å². The van der Waals surface area contributed by atoms with Crippen molar-refractivity contribution >= 4 is 35.1 Å².